The smallest absolute Gasteiger partial charge is 0.345 e. The van der Waals surface area contributed by atoms with Gasteiger partial charge in [0.05, 0.1) is 20.6 Å². The summed E-state index contributed by atoms with van der Waals surface area (Å²) in [5.41, 5.74) is -0.710. The van der Waals surface area contributed by atoms with Crippen molar-refractivity contribution >= 4 is 40.5 Å². The molecule has 2 rings (SSSR count). The van der Waals surface area contributed by atoms with Crippen LogP contribution < -0.4 is 5.32 Å². The third-order valence-electron chi connectivity index (χ3n) is 3.42. The summed E-state index contributed by atoms with van der Waals surface area (Å²) >= 11 is 5.86. The molecule has 10 nitrogen and oxygen atoms in total. The number of carbonyl (C=O) groups excluding carboxylic acids is 2. The molecule has 0 radical (unpaired) electrons. The number of hydrogen-bond donors (Lipinski definition) is 1. The number of halogens is 1. The molecule has 0 spiro atoms. The normalized spacial score (nSPS) is 10.1. The summed E-state index contributed by atoms with van der Waals surface area (Å²) in [6, 6.07) is 7.50. The number of hydrogen-bond acceptors (Lipinski definition) is 7. The molecular weight excluding hydrogens is 382 g/mol. The van der Waals surface area contributed by atoms with E-state index in [1.807, 2.05) is 0 Å². The molecule has 27 heavy (non-hydrogen) atoms. The fraction of sp³-hybridized carbons (Fsp3) is 0.125. The van der Waals surface area contributed by atoms with Gasteiger partial charge in [-0.1, -0.05) is 23.7 Å². The van der Waals surface area contributed by atoms with Gasteiger partial charge in [-0.05, 0) is 18.6 Å². The van der Waals surface area contributed by atoms with Crippen molar-refractivity contribution in [1.82, 2.24) is 0 Å². The average Bonchev–Trinajstić information content (AvgIpc) is 2.61. The van der Waals surface area contributed by atoms with E-state index >= 15 is 0 Å². The standard InChI is InChI=1S/C16H12ClN3O7/c1-9-3-2-4-13(20(25)26)15(9)16(22)27-8-14(21)18-12-7-10(19(23)24)5-6-11(12)17/h2-7H,8H2,1H3,(H,18,21). The number of rotatable bonds is 6. The van der Waals surface area contributed by atoms with Gasteiger partial charge in [-0.2, -0.15) is 0 Å². The largest absolute Gasteiger partial charge is 0.452 e. The number of nitrogens with zero attached hydrogens (tertiary/aromatic N) is 2. The molecule has 0 saturated heterocycles. The van der Waals surface area contributed by atoms with Gasteiger partial charge in [0.1, 0.15) is 5.56 Å². The Balaban J connectivity index is 2.09. The number of nitrogens with one attached hydrogen (secondary N) is 1. The van der Waals surface area contributed by atoms with Gasteiger partial charge in [-0.15, -0.1) is 0 Å². The lowest BCUT2D eigenvalue weighted by Crippen LogP contribution is -2.22. The molecule has 0 unspecified atom stereocenters. The van der Waals surface area contributed by atoms with Gasteiger partial charge in [-0.3, -0.25) is 25.0 Å². The van der Waals surface area contributed by atoms with Crippen LogP contribution in [0, 0.1) is 27.2 Å². The van der Waals surface area contributed by atoms with Crippen LogP contribution >= 0.6 is 11.6 Å². The highest BCUT2D eigenvalue weighted by molar-refractivity contribution is 6.33. The molecule has 0 saturated carbocycles. The minimum Gasteiger partial charge on any atom is -0.452 e. The number of anilines is 1. The number of esters is 1. The molecule has 0 aromatic heterocycles. The minimum absolute atomic E-state index is 0.0335. The van der Waals surface area contributed by atoms with E-state index < -0.39 is 34.0 Å². The maximum atomic E-state index is 12.1. The number of aryl methyl sites for hydroxylation is 1. The lowest BCUT2D eigenvalue weighted by Gasteiger charge is -2.09. The number of non-ortho nitro benzene ring substituents is 1. The Hall–Kier alpha value is -3.53. The second kappa shape index (κ2) is 8.23. The Morgan fingerprint density at radius 2 is 1.85 bits per heavy atom. The quantitative estimate of drug-likeness (QED) is 0.450. The lowest BCUT2D eigenvalue weighted by molar-refractivity contribution is -0.385. The minimum atomic E-state index is -1.04. The van der Waals surface area contributed by atoms with Crippen LogP contribution in [0.3, 0.4) is 0 Å². The monoisotopic (exact) mass is 393 g/mol. The number of carbonyl (C=O) groups is 2. The molecule has 0 heterocycles. The summed E-state index contributed by atoms with van der Waals surface area (Å²) < 4.78 is 4.82. The van der Waals surface area contributed by atoms with Gasteiger partial charge in [0.15, 0.2) is 6.61 Å². The Labute approximate surface area is 157 Å². The maximum absolute atomic E-state index is 12.1. The zero-order chi connectivity index (χ0) is 20.1. The van der Waals surface area contributed by atoms with Crippen LogP contribution in [0.5, 0.6) is 0 Å². The summed E-state index contributed by atoms with van der Waals surface area (Å²) in [6.07, 6.45) is 0. The third-order valence-corrected chi connectivity index (χ3v) is 3.75. The molecular formula is C16H12ClN3O7. The number of nitro groups is 2. The average molecular weight is 394 g/mol. The van der Waals surface area contributed by atoms with Crippen LogP contribution in [0.15, 0.2) is 36.4 Å². The zero-order valence-electron chi connectivity index (χ0n) is 13.8. The highest BCUT2D eigenvalue weighted by atomic mass is 35.5. The first-order chi connectivity index (χ1) is 12.7. The van der Waals surface area contributed by atoms with Crippen molar-refractivity contribution in [2.45, 2.75) is 6.92 Å². The first kappa shape index (κ1) is 19.8. The van der Waals surface area contributed by atoms with Crippen molar-refractivity contribution in [2.24, 2.45) is 0 Å². The molecule has 0 aliphatic rings. The van der Waals surface area contributed by atoms with Crippen molar-refractivity contribution in [2.75, 3.05) is 11.9 Å². The molecule has 11 heteroatoms. The second-order valence-corrected chi connectivity index (χ2v) is 5.68. The van der Waals surface area contributed by atoms with Crippen LogP contribution in [-0.2, 0) is 9.53 Å². The van der Waals surface area contributed by atoms with Crippen molar-refractivity contribution < 1.29 is 24.2 Å². The van der Waals surface area contributed by atoms with Crippen molar-refractivity contribution in [3.05, 3.63) is 72.8 Å². The molecule has 2 aromatic rings. The van der Waals surface area contributed by atoms with E-state index in [1.165, 1.54) is 25.1 Å². The third kappa shape index (κ3) is 4.76. The Kier molecular flexibility index (Phi) is 6.03. The van der Waals surface area contributed by atoms with E-state index in [9.17, 15) is 29.8 Å². The Bertz CT molecular complexity index is 946. The fourth-order valence-electron chi connectivity index (χ4n) is 2.18. The molecule has 0 fully saturated rings. The van der Waals surface area contributed by atoms with Gasteiger partial charge < -0.3 is 10.1 Å². The predicted octanol–water partition coefficient (Wildman–Crippen LogP) is 3.26. The van der Waals surface area contributed by atoms with Crippen LogP contribution in [0.25, 0.3) is 0 Å². The van der Waals surface area contributed by atoms with Gasteiger partial charge in [0.2, 0.25) is 0 Å². The van der Waals surface area contributed by atoms with Crippen LogP contribution in [-0.4, -0.2) is 28.3 Å². The lowest BCUT2D eigenvalue weighted by atomic mass is 10.1. The zero-order valence-corrected chi connectivity index (χ0v) is 14.6. The maximum Gasteiger partial charge on any atom is 0.345 e. The number of amides is 1. The Morgan fingerprint density at radius 1 is 1.15 bits per heavy atom. The number of benzene rings is 2. The first-order valence-corrected chi connectivity index (χ1v) is 7.73. The van der Waals surface area contributed by atoms with Crippen molar-refractivity contribution in [3.8, 4) is 0 Å². The van der Waals surface area contributed by atoms with E-state index in [-0.39, 0.29) is 22.0 Å². The van der Waals surface area contributed by atoms with Gasteiger partial charge in [0.25, 0.3) is 17.3 Å². The second-order valence-electron chi connectivity index (χ2n) is 5.27. The first-order valence-electron chi connectivity index (χ1n) is 7.35. The molecule has 1 N–H and O–H groups in total. The van der Waals surface area contributed by atoms with E-state index in [1.54, 1.807) is 0 Å². The Morgan fingerprint density at radius 3 is 2.48 bits per heavy atom. The number of nitro benzene ring substituents is 2. The molecule has 140 valence electrons. The van der Waals surface area contributed by atoms with Gasteiger partial charge in [-0.25, -0.2) is 4.79 Å². The molecule has 0 aliphatic heterocycles. The summed E-state index contributed by atoms with van der Waals surface area (Å²) in [6.45, 7) is 0.732. The SMILES string of the molecule is Cc1cccc([N+](=O)[O-])c1C(=O)OCC(=O)Nc1cc([N+](=O)[O-])ccc1Cl. The highest BCUT2D eigenvalue weighted by Gasteiger charge is 2.24. The molecule has 1 amide bonds. The van der Waals surface area contributed by atoms with Gasteiger partial charge >= 0.3 is 5.97 Å². The highest BCUT2D eigenvalue weighted by Crippen LogP contribution is 2.27. The van der Waals surface area contributed by atoms with Crippen LogP contribution in [0.4, 0.5) is 17.1 Å². The number of ether oxygens (including phenoxy) is 1. The summed E-state index contributed by atoms with van der Waals surface area (Å²) in [5, 5.41) is 24.1. The van der Waals surface area contributed by atoms with Crippen molar-refractivity contribution in [3.63, 3.8) is 0 Å². The van der Waals surface area contributed by atoms with E-state index in [0.29, 0.717) is 5.56 Å². The van der Waals surface area contributed by atoms with E-state index in [0.717, 1.165) is 18.2 Å². The summed E-state index contributed by atoms with van der Waals surface area (Å²) in [5.74, 6) is -1.86. The fourth-order valence-corrected chi connectivity index (χ4v) is 2.35. The van der Waals surface area contributed by atoms with E-state index in [4.69, 9.17) is 16.3 Å². The molecule has 0 aliphatic carbocycles. The van der Waals surface area contributed by atoms with E-state index in [2.05, 4.69) is 5.32 Å². The summed E-state index contributed by atoms with van der Waals surface area (Å²) in [7, 11) is 0. The molecule has 2 aromatic carbocycles. The van der Waals surface area contributed by atoms with Crippen molar-refractivity contribution in [1.29, 1.82) is 0 Å². The summed E-state index contributed by atoms with van der Waals surface area (Å²) in [4.78, 5) is 44.5. The van der Waals surface area contributed by atoms with Crippen LogP contribution in [0.2, 0.25) is 5.02 Å². The molecule has 0 bridgehead atoms. The topological polar surface area (TPSA) is 142 Å². The van der Waals surface area contributed by atoms with Gasteiger partial charge in [0, 0.05) is 18.2 Å². The van der Waals surface area contributed by atoms with Crippen LogP contribution in [0.1, 0.15) is 15.9 Å². The molecule has 0 atom stereocenters. The predicted molar refractivity (Wildman–Crippen MR) is 94.9 cm³/mol.